The average Bonchev–Trinajstić information content (AvgIpc) is 2.82. The minimum atomic E-state index is 0. The highest BCUT2D eigenvalue weighted by atomic mass is 35.5. The Labute approximate surface area is 115 Å². The molecule has 0 aliphatic rings. The molecular weight excluding hydrogens is 266 g/mol. The maximum Gasteiger partial charge on any atom is 0.138 e. The van der Waals surface area contributed by atoms with Crippen molar-refractivity contribution < 1.29 is 0 Å². The molecule has 0 fully saturated rings. The lowest BCUT2D eigenvalue weighted by molar-refractivity contribution is 1.32. The van der Waals surface area contributed by atoms with Crippen molar-refractivity contribution in [2.24, 2.45) is 0 Å². The lowest BCUT2D eigenvalue weighted by Gasteiger charge is -1.98. The molecule has 1 aromatic carbocycles. The first-order chi connectivity index (χ1) is 8.36. The molecule has 0 radical (unpaired) electrons. The Balaban J connectivity index is 0.00000120. The van der Waals surface area contributed by atoms with Gasteiger partial charge in [-0.3, -0.25) is 4.98 Å². The quantitative estimate of drug-likeness (QED) is 0.725. The van der Waals surface area contributed by atoms with Gasteiger partial charge in [0.1, 0.15) is 11.3 Å². The Kier molecular flexibility index (Phi) is 3.89. The fourth-order valence-electron chi connectivity index (χ4n) is 1.74. The van der Waals surface area contributed by atoms with E-state index in [9.17, 15) is 0 Å². The fourth-order valence-corrected chi connectivity index (χ4v) is 2.15. The van der Waals surface area contributed by atoms with E-state index in [2.05, 4.69) is 45.5 Å². The zero-order valence-corrected chi connectivity index (χ0v) is 11.4. The Morgan fingerprint density at radius 1 is 1.11 bits per heavy atom. The largest absolute Gasteiger partial charge is 0.338 e. The molecule has 3 aromatic rings. The van der Waals surface area contributed by atoms with E-state index >= 15 is 0 Å². The molecule has 3 nitrogen and oxygen atoms in total. The molecule has 5 heteroatoms. The average molecular weight is 278 g/mol. The number of aromatic nitrogens is 3. The summed E-state index contributed by atoms with van der Waals surface area (Å²) in [6.45, 7) is 0. The van der Waals surface area contributed by atoms with Crippen LogP contribution in [0.1, 0.15) is 0 Å². The van der Waals surface area contributed by atoms with Gasteiger partial charge in [-0.25, -0.2) is 4.98 Å². The van der Waals surface area contributed by atoms with E-state index in [1.54, 1.807) is 24.2 Å². The molecule has 0 bridgehead atoms. The molecule has 1 N–H and O–H groups in total. The summed E-state index contributed by atoms with van der Waals surface area (Å²) in [5, 5.41) is 0. The van der Waals surface area contributed by atoms with Crippen LogP contribution < -0.4 is 0 Å². The summed E-state index contributed by atoms with van der Waals surface area (Å²) in [7, 11) is 0. The lowest BCUT2D eigenvalue weighted by atomic mass is 10.2. The van der Waals surface area contributed by atoms with Gasteiger partial charge in [0.2, 0.25) is 0 Å². The second-order valence-corrected chi connectivity index (χ2v) is 4.59. The number of halogens is 1. The van der Waals surface area contributed by atoms with Crippen molar-refractivity contribution >= 4 is 35.2 Å². The van der Waals surface area contributed by atoms with E-state index in [0.29, 0.717) is 0 Å². The van der Waals surface area contributed by atoms with Crippen molar-refractivity contribution in [1.82, 2.24) is 15.0 Å². The molecule has 0 amide bonds. The summed E-state index contributed by atoms with van der Waals surface area (Å²) in [6, 6.07) is 10.3. The predicted molar refractivity (Wildman–Crippen MR) is 78.4 cm³/mol. The maximum absolute atomic E-state index is 4.51. The summed E-state index contributed by atoms with van der Waals surface area (Å²) in [5.74, 6) is 0.889. The molecule has 18 heavy (non-hydrogen) atoms. The molecule has 0 aliphatic carbocycles. The van der Waals surface area contributed by atoms with Gasteiger partial charge in [0.15, 0.2) is 0 Å². The van der Waals surface area contributed by atoms with Crippen molar-refractivity contribution in [3.63, 3.8) is 0 Å². The molecular formula is C13H12ClN3S. The number of aromatic amines is 1. The van der Waals surface area contributed by atoms with Crippen LogP contribution in [0.5, 0.6) is 0 Å². The summed E-state index contributed by atoms with van der Waals surface area (Å²) in [4.78, 5) is 13.1. The molecule has 2 heterocycles. The molecule has 0 unspecified atom stereocenters. The first-order valence-electron chi connectivity index (χ1n) is 5.31. The minimum Gasteiger partial charge on any atom is -0.338 e. The summed E-state index contributed by atoms with van der Waals surface area (Å²) in [5.41, 5.74) is 3.01. The topological polar surface area (TPSA) is 41.6 Å². The SMILES string of the molecule is CSc1ccc(-c2nc3cnccc3[nH]2)cc1.Cl. The van der Waals surface area contributed by atoms with Gasteiger partial charge in [0.05, 0.1) is 11.7 Å². The van der Waals surface area contributed by atoms with E-state index in [1.165, 1.54) is 4.90 Å². The van der Waals surface area contributed by atoms with E-state index in [-0.39, 0.29) is 12.4 Å². The summed E-state index contributed by atoms with van der Waals surface area (Å²) in [6.07, 6.45) is 5.61. The number of hydrogen-bond donors (Lipinski definition) is 1. The molecule has 3 rings (SSSR count). The van der Waals surface area contributed by atoms with Crippen LogP contribution in [0.25, 0.3) is 22.4 Å². The van der Waals surface area contributed by atoms with Crippen LogP contribution in [0, 0.1) is 0 Å². The zero-order valence-electron chi connectivity index (χ0n) is 9.75. The van der Waals surface area contributed by atoms with Gasteiger partial charge in [-0.1, -0.05) is 12.1 Å². The van der Waals surface area contributed by atoms with Crippen LogP contribution in [-0.4, -0.2) is 21.2 Å². The molecule has 0 saturated heterocycles. The second kappa shape index (κ2) is 5.42. The number of hydrogen-bond acceptors (Lipinski definition) is 3. The number of imidazole rings is 1. The molecule has 92 valence electrons. The summed E-state index contributed by atoms with van der Waals surface area (Å²) >= 11 is 1.74. The van der Waals surface area contributed by atoms with Crippen LogP contribution in [-0.2, 0) is 0 Å². The highest BCUT2D eigenvalue weighted by molar-refractivity contribution is 7.98. The highest BCUT2D eigenvalue weighted by Gasteiger charge is 2.04. The molecule has 0 aliphatic heterocycles. The summed E-state index contributed by atoms with van der Waals surface area (Å²) < 4.78 is 0. The lowest BCUT2D eigenvalue weighted by Crippen LogP contribution is -1.79. The number of rotatable bonds is 2. The van der Waals surface area contributed by atoms with E-state index < -0.39 is 0 Å². The zero-order chi connectivity index (χ0) is 11.7. The van der Waals surface area contributed by atoms with E-state index in [1.807, 2.05) is 6.07 Å². The van der Waals surface area contributed by atoms with Crippen molar-refractivity contribution in [2.45, 2.75) is 4.90 Å². The third-order valence-corrected chi connectivity index (χ3v) is 3.39. The Bertz CT molecular complexity index is 616. The van der Waals surface area contributed by atoms with Crippen molar-refractivity contribution in [3.05, 3.63) is 42.7 Å². The monoisotopic (exact) mass is 277 g/mol. The Hall–Kier alpha value is -1.52. The second-order valence-electron chi connectivity index (χ2n) is 3.71. The molecule has 2 aromatic heterocycles. The number of thioether (sulfide) groups is 1. The van der Waals surface area contributed by atoms with E-state index in [4.69, 9.17) is 0 Å². The van der Waals surface area contributed by atoms with Crippen molar-refractivity contribution in [1.29, 1.82) is 0 Å². The van der Waals surface area contributed by atoms with Crippen LogP contribution in [0.3, 0.4) is 0 Å². The van der Waals surface area contributed by atoms with Gasteiger partial charge >= 0.3 is 0 Å². The number of nitrogens with one attached hydrogen (secondary N) is 1. The highest BCUT2D eigenvalue weighted by Crippen LogP contribution is 2.22. The molecule has 0 saturated carbocycles. The van der Waals surface area contributed by atoms with Gasteiger partial charge in [-0.2, -0.15) is 0 Å². The van der Waals surface area contributed by atoms with Crippen LogP contribution in [0.4, 0.5) is 0 Å². The van der Waals surface area contributed by atoms with E-state index in [0.717, 1.165) is 22.4 Å². The van der Waals surface area contributed by atoms with Gasteiger partial charge in [0, 0.05) is 16.7 Å². The smallest absolute Gasteiger partial charge is 0.138 e. The van der Waals surface area contributed by atoms with Crippen LogP contribution >= 0.6 is 24.2 Å². The van der Waals surface area contributed by atoms with Gasteiger partial charge in [-0.15, -0.1) is 24.2 Å². The first-order valence-corrected chi connectivity index (χ1v) is 6.53. The number of benzene rings is 1. The third kappa shape index (κ3) is 2.35. The third-order valence-electron chi connectivity index (χ3n) is 2.65. The van der Waals surface area contributed by atoms with Crippen LogP contribution in [0.15, 0.2) is 47.6 Å². The number of H-pyrrole nitrogens is 1. The fraction of sp³-hybridized carbons (Fsp3) is 0.0769. The predicted octanol–water partition coefficient (Wildman–Crippen LogP) is 3.77. The number of nitrogens with zero attached hydrogens (tertiary/aromatic N) is 2. The standard InChI is InChI=1S/C13H11N3S.ClH/c1-17-10-4-2-9(3-5-10)13-15-11-6-7-14-8-12(11)16-13;/h2-8H,1H3,(H,15,16);1H. The number of pyridine rings is 1. The molecule has 0 atom stereocenters. The normalized spacial score (nSPS) is 10.3. The maximum atomic E-state index is 4.51. The van der Waals surface area contributed by atoms with Crippen LogP contribution in [0.2, 0.25) is 0 Å². The van der Waals surface area contributed by atoms with Gasteiger partial charge in [0.25, 0.3) is 0 Å². The van der Waals surface area contributed by atoms with Crippen molar-refractivity contribution in [2.75, 3.05) is 6.26 Å². The molecule has 0 spiro atoms. The van der Waals surface area contributed by atoms with Gasteiger partial charge in [-0.05, 0) is 24.5 Å². The first kappa shape index (κ1) is 12.9. The Morgan fingerprint density at radius 3 is 2.56 bits per heavy atom. The van der Waals surface area contributed by atoms with Crippen molar-refractivity contribution in [3.8, 4) is 11.4 Å². The number of fused-ring (bicyclic) bond motifs is 1. The Morgan fingerprint density at radius 2 is 1.89 bits per heavy atom. The minimum absolute atomic E-state index is 0. The van der Waals surface area contributed by atoms with Gasteiger partial charge < -0.3 is 4.98 Å².